The summed E-state index contributed by atoms with van der Waals surface area (Å²) in [5.41, 5.74) is 4.17. The van der Waals surface area contributed by atoms with Gasteiger partial charge < -0.3 is 15.0 Å². The second-order valence-electron chi connectivity index (χ2n) is 6.69. The summed E-state index contributed by atoms with van der Waals surface area (Å²) >= 11 is 6.14. The van der Waals surface area contributed by atoms with E-state index in [1.165, 1.54) is 6.92 Å². The Labute approximate surface area is 166 Å². The number of ether oxygens (including phenoxy) is 1. The highest BCUT2D eigenvalue weighted by molar-refractivity contribution is 6.30. The summed E-state index contributed by atoms with van der Waals surface area (Å²) in [6.07, 6.45) is 1.00. The molecule has 0 saturated heterocycles. The average molecular weight is 390 g/mol. The molecular formula is C21H28ClN3O2. The SMILES string of the molecule is CCCN(CC)c1cc(C)nc(Oc2c(C)cc(Cl)cc2C)c1NC(C)=O. The summed E-state index contributed by atoms with van der Waals surface area (Å²) in [6.45, 7) is 13.2. The maximum atomic E-state index is 11.9. The normalized spacial score (nSPS) is 10.6. The lowest BCUT2D eigenvalue weighted by atomic mass is 10.1. The molecule has 1 amide bonds. The number of nitrogens with one attached hydrogen (secondary N) is 1. The highest BCUT2D eigenvalue weighted by Gasteiger charge is 2.20. The lowest BCUT2D eigenvalue weighted by Gasteiger charge is -2.27. The molecule has 27 heavy (non-hydrogen) atoms. The minimum atomic E-state index is -0.163. The van der Waals surface area contributed by atoms with Crippen LogP contribution in [0.2, 0.25) is 5.02 Å². The highest BCUT2D eigenvalue weighted by atomic mass is 35.5. The quantitative estimate of drug-likeness (QED) is 0.665. The van der Waals surface area contributed by atoms with Crippen LogP contribution in [0.15, 0.2) is 18.2 Å². The van der Waals surface area contributed by atoms with E-state index in [9.17, 15) is 4.79 Å². The fraction of sp³-hybridized carbons (Fsp3) is 0.429. The van der Waals surface area contributed by atoms with Crippen LogP contribution in [0.3, 0.4) is 0 Å². The van der Waals surface area contributed by atoms with Crippen LogP contribution in [0.5, 0.6) is 11.6 Å². The van der Waals surface area contributed by atoms with Gasteiger partial charge in [0.25, 0.3) is 0 Å². The van der Waals surface area contributed by atoms with Gasteiger partial charge in [0.15, 0.2) is 0 Å². The molecule has 0 saturated carbocycles. The molecule has 146 valence electrons. The molecule has 0 bridgehead atoms. The summed E-state index contributed by atoms with van der Waals surface area (Å²) < 4.78 is 6.21. The Morgan fingerprint density at radius 3 is 2.33 bits per heavy atom. The fourth-order valence-corrected chi connectivity index (χ4v) is 3.45. The Hall–Kier alpha value is -2.27. The summed E-state index contributed by atoms with van der Waals surface area (Å²) in [4.78, 5) is 18.7. The molecule has 1 aromatic carbocycles. The smallest absolute Gasteiger partial charge is 0.245 e. The number of benzene rings is 1. The van der Waals surface area contributed by atoms with Crippen molar-refractivity contribution in [1.82, 2.24) is 4.98 Å². The Morgan fingerprint density at radius 2 is 1.81 bits per heavy atom. The van der Waals surface area contributed by atoms with Gasteiger partial charge in [-0.15, -0.1) is 0 Å². The Morgan fingerprint density at radius 1 is 1.19 bits per heavy atom. The van der Waals surface area contributed by atoms with Gasteiger partial charge in [-0.2, -0.15) is 0 Å². The third-order valence-corrected chi connectivity index (χ3v) is 4.45. The molecule has 1 heterocycles. The number of nitrogens with zero attached hydrogens (tertiary/aromatic N) is 2. The number of aryl methyl sites for hydroxylation is 3. The van der Waals surface area contributed by atoms with Gasteiger partial charge in [0.1, 0.15) is 11.4 Å². The van der Waals surface area contributed by atoms with Gasteiger partial charge in [-0.1, -0.05) is 18.5 Å². The van der Waals surface area contributed by atoms with Crippen molar-refractivity contribution in [2.75, 3.05) is 23.3 Å². The zero-order chi connectivity index (χ0) is 20.1. The van der Waals surface area contributed by atoms with Crippen molar-refractivity contribution in [2.45, 2.75) is 48.0 Å². The van der Waals surface area contributed by atoms with E-state index in [1.54, 1.807) is 0 Å². The Balaban J connectivity index is 2.61. The molecule has 0 aliphatic heterocycles. The number of halogens is 1. The van der Waals surface area contributed by atoms with Crippen LogP contribution in [-0.4, -0.2) is 24.0 Å². The van der Waals surface area contributed by atoms with Gasteiger partial charge in [-0.25, -0.2) is 4.98 Å². The average Bonchev–Trinajstić information content (AvgIpc) is 2.57. The number of rotatable bonds is 7. The molecule has 0 fully saturated rings. The Kier molecular flexibility index (Phi) is 7.08. The monoisotopic (exact) mass is 389 g/mol. The highest BCUT2D eigenvalue weighted by Crippen LogP contribution is 2.39. The number of hydrogen-bond donors (Lipinski definition) is 1. The molecule has 2 aromatic rings. The van der Waals surface area contributed by atoms with Crippen LogP contribution in [0, 0.1) is 20.8 Å². The first kappa shape index (κ1) is 21.0. The maximum Gasteiger partial charge on any atom is 0.245 e. The van der Waals surface area contributed by atoms with Crippen molar-refractivity contribution in [3.63, 3.8) is 0 Å². The molecule has 0 spiro atoms. The van der Waals surface area contributed by atoms with E-state index in [0.717, 1.165) is 42.0 Å². The van der Waals surface area contributed by atoms with Crippen LogP contribution in [0.1, 0.15) is 44.0 Å². The van der Waals surface area contributed by atoms with Gasteiger partial charge in [-0.05, 0) is 63.4 Å². The van der Waals surface area contributed by atoms with Crippen molar-refractivity contribution >= 4 is 28.9 Å². The lowest BCUT2D eigenvalue weighted by Crippen LogP contribution is -2.25. The maximum absolute atomic E-state index is 11.9. The second kappa shape index (κ2) is 9.09. The summed E-state index contributed by atoms with van der Waals surface area (Å²) in [5.74, 6) is 0.931. The van der Waals surface area contributed by atoms with Crippen molar-refractivity contribution in [1.29, 1.82) is 0 Å². The third kappa shape index (κ3) is 5.13. The molecular weight excluding hydrogens is 362 g/mol. The third-order valence-electron chi connectivity index (χ3n) is 4.23. The molecule has 2 rings (SSSR count). The van der Waals surface area contributed by atoms with Crippen molar-refractivity contribution in [3.8, 4) is 11.6 Å². The molecule has 0 radical (unpaired) electrons. The largest absolute Gasteiger partial charge is 0.436 e. The van der Waals surface area contributed by atoms with Crippen LogP contribution < -0.4 is 15.0 Å². The molecule has 0 atom stereocenters. The first-order valence-corrected chi connectivity index (χ1v) is 9.63. The van der Waals surface area contributed by atoms with Gasteiger partial charge >= 0.3 is 0 Å². The Bertz CT molecular complexity index is 813. The van der Waals surface area contributed by atoms with Crippen LogP contribution in [0.25, 0.3) is 0 Å². The zero-order valence-electron chi connectivity index (χ0n) is 16.9. The molecule has 1 N–H and O–H groups in total. The first-order chi connectivity index (χ1) is 12.8. The minimum Gasteiger partial charge on any atom is -0.436 e. The van der Waals surface area contributed by atoms with Crippen LogP contribution in [-0.2, 0) is 4.79 Å². The second-order valence-corrected chi connectivity index (χ2v) is 7.13. The minimum absolute atomic E-state index is 0.163. The van der Waals surface area contributed by atoms with Crippen molar-refractivity contribution in [2.24, 2.45) is 0 Å². The van der Waals surface area contributed by atoms with Gasteiger partial charge in [0.2, 0.25) is 11.8 Å². The summed E-state index contributed by atoms with van der Waals surface area (Å²) in [5, 5.41) is 3.58. The number of aromatic nitrogens is 1. The van der Waals surface area contributed by atoms with Crippen molar-refractivity contribution in [3.05, 3.63) is 40.0 Å². The molecule has 0 unspecified atom stereocenters. The number of carbonyl (C=O) groups excluding carboxylic acids is 1. The molecule has 1 aromatic heterocycles. The van der Waals surface area contributed by atoms with E-state index in [1.807, 2.05) is 39.0 Å². The standard InChI is InChI=1S/C21H28ClN3O2/c1-7-9-25(8-2)18-12-15(5)23-21(19(18)24-16(6)26)27-20-13(3)10-17(22)11-14(20)4/h10-12H,7-9H2,1-6H3,(H,24,26). The number of carbonyl (C=O) groups is 1. The number of hydrogen-bond acceptors (Lipinski definition) is 4. The number of anilines is 2. The lowest BCUT2D eigenvalue weighted by molar-refractivity contribution is -0.114. The van der Waals surface area contributed by atoms with Crippen molar-refractivity contribution < 1.29 is 9.53 Å². The van der Waals surface area contributed by atoms with Gasteiger partial charge in [0, 0.05) is 30.7 Å². The van der Waals surface area contributed by atoms with Gasteiger partial charge in [0.05, 0.1) is 5.69 Å². The van der Waals surface area contributed by atoms with E-state index in [2.05, 4.69) is 29.0 Å². The van der Waals surface area contributed by atoms with Crippen LogP contribution >= 0.6 is 11.6 Å². The molecule has 6 heteroatoms. The summed E-state index contributed by atoms with van der Waals surface area (Å²) in [7, 11) is 0. The number of amides is 1. The molecule has 0 aliphatic rings. The van der Waals surface area contributed by atoms with Gasteiger partial charge in [-0.3, -0.25) is 4.79 Å². The van der Waals surface area contributed by atoms with E-state index < -0.39 is 0 Å². The van der Waals surface area contributed by atoms with E-state index >= 15 is 0 Å². The predicted octanol–water partition coefficient (Wildman–Crippen LogP) is 5.65. The first-order valence-electron chi connectivity index (χ1n) is 9.25. The topological polar surface area (TPSA) is 54.5 Å². The fourth-order valence-electron chi connectivity index (χ4n) is 3.12. The number of pyridine rings is 1. The summed E-state index contributed by atoms with van der Waals surface area (Å²) in [6, 6.07) is 5.70. The molecule has 5 nitrogen and oxygen atoms in total. The van der Waals surface area contributed by atoms with E-state index in [0.29, 0.717) is 22.3 Å². The predicted molar refractivity (Wildman–Crippen MR) is 112 cm³/mol. The van der Waals surface area contributed by atoms with E-state index in [4.69, 9.17) is 16.3 Å². The van der Waals surface area contributed by atoms with Crippen LogP contribution in [0.4, 0.5) is 11.4 Å². The zero-order valence-corrected chi connectivity index (χ0v) is 17.7. The molecule has 0 aliphatic carbocycles. The van der Waals surface area contributed by atoms with E-state index in [-0.39, 0.29) is 5.91 Å².